The maximum atomic E-state index is 11.7. The molecule has 9 heteroatoms. The van der Waals surface area contributed by atoms with Crippen molar-refractivity contribution in [3.05, 3.63) is 72.3 Å². The van der Waals surface area contributed by atoms with Gasteiger partial charge in [0.1, 0.15) is 6.54 Å². The summed E-state index contributed by atoms with van der Waals surface area (Å²) in [6.07, 6.45) is 3.74. The number of amides is 3. The number of allylic oxidation sites excluding steroid dienone is 1. The molecular formula is C21H26N6O3. The van der Waals surface area contributed by atoms with Crippen molar-refractivity contribution in [1.82, 2.24) is 15.6 Å². The van der Waals surface area contributed by atoms with E-state index in [0.717, 1.165) is 10.6 Å². The zero-order valence-corrected chi connectivity index (χ0v) is 17.1. The van der Waals surface area contributed by atoms with Crippen LogP contribution in [-0.2, 0) is 16.0 Å². The van der Waals surface area contributed by atoms with Crippen LogP contribution < -0.4 is 16.4 Å². The first-order valence-electron chi connectivity index (χ1n) is 9.19. The van der Waals surface area contributed by atoms with Crippen LogP contribution in [0.4, 0.5) is 4.79 Å². The summed E-state index contributed by atoms with van der Waals surface area (Å²) in [5, 5.41) is 10.6. The Morgan fingerprint density at radius 2 is 2.07 bits per heavy atom. The Morgan fingerprint density at radius 3 is 2.63 bits per heavy atom. The van der Waals surface area contributed by atoms with Gasteiger partial charge in [0.25, 0.3) is 0 Å². The quantitative estimate of drug-likeness (QED) is 0.178. The van der Waals surface area contributed by atoms with E-state index in [2.05, 4.69) is 33.9 Å². The molecule has 1 atom stereocenters. The standard InChI is InChI=1S/C21H26N6O3/c1-14(10-20(30-4)25-16(3)22)15(2)24-18(11-17-8-6-5-7-9-17)12-23-27-13-19(28)26-21(27)29/h5-10,12,18,24H,1-2,11,13H2,3-4H3,(H2,22,25)(H,26,28,29)/b20-10+,23-12+. The number of methoxy groups -OCH3 is 1. The first-order valence-corrected chi connectivity index (χ1v) is 9.19. The number of carbonyl (C=O) groups is 2. The number of nitrogens with one attached hydrogen (secondary N) is 2. The molecule has 0 radical (unpaired) electrons. The molecule has 1 unspecified atom stereocenters. The maximum absolute atomic E-state index is 11.7. The van der Waals surface area contributed by atoms with Gasteiger partial charge in [-0.25, -0.2) is 14.8 Å². The number of imide groups is 1. The maximum Gasteiger partial charge on any atom is 0.344 e. The second kappa shape index (κ2) is 10.6. The number of amidine groups is 1. The highest BCUT2D eigenvalue weighted by atomic mass is 16.5. The molecule has 9 nitrogen and oxygen atoms in total. The lowest BCUT2D eigenvalue weighted by atomic mass is 10.1. The molecule has 1 saturated heterocycles. The van der Waals surface area contributed by atoms with E-state index < -0.39 is 11.9 Å². The summed E-state index contributed by atoms with van der Waals surface area (Å²) < 4.78 is 5.17. The first kappa shape index (κ1) is 22.4. The molecule has 158 valence electrons. The summed E-state index contributed by atoms with van der Waals surface area (Å²) in [5.41, 5.74) is 7.70. The summed E-state index contributed by atoms with van der Waals surface area (Å²) >= 11 is 0. The van der Waals surface area contributed by atoms with Crippen LogP contribution in [0, 0.1) is 0 Å². The molecule has 4 N–H and O–H groups in total. The molecule has 1 aromatic rings. The minimum atomic E-state index is -0.555. The summed E-state index contributed by atoms with van der Waals surface area (Å²) in [5.74, 6) is 0.251. The summed E-state index contributed by atoms with van der Waals surface area (Å²) in [6.45, 7) is 9.52. The second-order valence-corrected chi connectivity index (χ2v) is 6.56. The van der Waals surface area contributed by atoms with E-state index in [1.54, 1.807) is 19.2 Å². The average Bonchev–Trinajstić information content (AvgIpc) is 3.02. The lowest BCUT2D eigenvalue weighted by Gasteiger charge is -2.19. The third-order valence-corrected chi connectivity index (χ3v) is 4.00. The van der Waals surface area contributed by atoms with Crippen LogP contribution in [0.5, 0.6) is 0 Å². The largest absolute Gasteiger partial charge is 0.481 e. The molecule has 0 aliphatic carbocycles. The third kappa shape index (κ3) is 6.93. The van der Waals surface area contributed by atoms with Gasteiger partial charge >= 0.3 is 6.03 Å². The predicted octanol–water partition coefficient (Wildman–Crippen LogP) is 1.66. The van der Waals surface area contributed by atoms with Crippen molar-refractivity contribution >= 4 is 24.0 Å². The van der Waals surface area contributed by atoms with E-state index in [1.165, 1.54) is 7.11 Å². The van der Waals surface area contributed by atoms with Crippen LogP contribution in [-0.4, -0.2) is 48.7 Å². The van der Waals surface area contributed by atoms with Crippen molar-refractivity contribution in [1.29, 1.82) is 0 Å². The molecule has 1 heterocycles. The normalized spacial score (nSPS) is 15.9. The molecule has 30 heavy (non-hydrogen) atoms. The Labute approximate surface area is 175 Å². The number of carbonyl (C=O) groups excluding carboxylic acids is 2. The summed E-state index contributed by atoms with van der Waals surface area (Å²) in [7, 11) is 1.48. The SMILES string of the molecule is C=C(/C=C(\N=C(\C)N)OC)C(=C)NC(/C=N/N1CC(=O)NC1=O)Cc1ccccc1. The van der Waals surface area contributed by atoms with E-state index >= 15 is 0 Å². The monoisotopic (exact) mass is 410 g/mol. The van der Waals surface area contributed by atoms with Gasteiger partial charge in [0.15, 0.2) is 0 Å². The van der Waals surface area contributed by atoms with E-state index in [9.17, 15) is 9.59 Å². The highest BCUT2D eigenvalue weighted by molar-refractivity contribution is 6.02. The van der Waals surface area contributed by atoms with Gasteiger partial charge < -0.3 is 15.8 Å². The average molecular weight is 410 g/mol. The smallest absolute Gasteiger partial charge is 0.344 e. The zero-order chi connectivity index (χ0) is 22.1. The Bertz CT molecular complexity index is 901. The summed E-state index contributed by atoms with van der Waals surface area (Å²) in [6, 6.07) is 8.88. The van der Waals surface area contributed by atoms with Crippen molar-refractivity contribution in [2.75, 3.05) is 13.7 Å². The number of ether oxygens (including phenoxy) is 1. The topological polar surface area (TPSA) is 121 Å². The molecule has 2 rings (SSSR count). The van der Waals surface area contributed by atoms with E-state index in [1.807, 2.05) is 30.3 Å². The van der Waals surface area contributed by atoms with Gasteiger partial charge in [-0.05, 0) is 24.5 Å². The van der Waals surface area contributed by atoms with Gasteiger partial charge in [-0.3, -0.25) is 10.1 Å². The molecule has 0 aromatic heterocycles. The number of aliphatic imine (C=N–C) groups is 1. The number of nitrogens with zero attached hydrogens (tertiary/aromatic N) is 3. The Morgan fingerprint density at radius 1 is 1.37 bits per heavy atom. The molecule has 0 bridgehead atoms. The van der Waals surface area contributed by atoms with Crippen LogP contribution in [0.25, 0.3) is 0 Å². The molecule has 1 aliphatic rings. The highest BCUT2D eigenvalue weighted by Gasteiger charge is 2.26. The summed E-state index contributed by atoms with van der Waals surface area (Å²) in [4.78, 5) is 27.1. The minimum Gasteiger partial charge on any atom is -0.481 e. The molecule has 0 saturated carbocycles. The van der Waals surface area contributed by atoms with E-state index in [-0.39, 0.29) is 12.6 Å². The van der Waals surface area contributed by atoms with Gasteiger partial charge in [-0.1, -0.05) is 43.5 Å². The van der Waals surface area contributed by atoms with Gasteiger partial charge in [-0.2, -0.15) is 5.10 Å². The minimum absolute atomic E-state index is 0.114. The Kier molecular flexibility index (Phi) is 7.92. The van der Waals surface area contributed by atoms with Crippen LogP contribution in [0.1, 0.15) is 12.5 Å². The van der Waals surface area contributed by atoms with Crippen molar-refractivity contribution in [3.8, 4) is 0 Å². The molecule has 1 aliphatic heterocycles. The molecule has 1 aromatic carbocycles. The van der Waals surface area contributed by atoms with Crippen molar-refractivity contribution in [3.63, 3.8) is 0 Å². The van der Waals surface area contributed by atoms with Crippen LogP contribution in [0.3, 0.4) is 0 Å². The first-order chi connectivity index (χ1) is 14.3. The number of nitrogens with two attached hydrogens (primary N) is 1. The fourth-order valence-corrected chi connectivity index (χ4v) is 2.56. The van der Waals surface area contributed by atoms with Crippen molar-refractivity contribution in [2.24, 2.45) is 15.8 Å². The van der Waals surface area contributed by atoms with E-state index in [4.69, 9.17) is 10.5 Å². The molecular weight excluding hydrogens is 384 g/mol. The Hall–Kier alpha value is -3.88. The lowest BCUT2D eigenvalue weighted by Crippen LogP contribution is -2.34. The van der Waals surface area contributed by atoms with Gasteiger partial charge in [0, 0.05) is 18.0 Å². The van der Waals surface area contributed by atoms with Crippen LogP contribution in [0.15, 0.2) is 76.8 Å². The lowest BCUT2D eigenvalue weighted by molar-refractivity contribution is -0.118. The van der Waals surface area contributed by atoms with Crippen LogP contribution in [0.2, 0.25) is 0 Å². The number of hydrazone groups is 1. The van der Waals surface area contributed by atoms with Gasteiger partial charge in [-0.15, -0.1) is 0 Å². The molecule has 0 spiro atoms. The molecule has 3 amide bonds. The fraction of sp³-hybridized carbons (Fsp3) is 0.238. The zero-order valence-electron chi connectivity index (χ0n) is 17.1. The van der Waals surface area contributed by atoms with Crippen LogP contribution >= 0.6 is 0 Å². The number of hydrogen-bond donors (Lipinski definition) is 3. The van der Waals surface area contributed by atoms with Gasteiger partial charge in [0.05, 0.1) is 19.0 Å². The number of urea groups is 1. The third-order valence-electron chi connectivity index (χ3n) is 4.00. The van der Waals surface area contributed by atoms with Gasteiger partial charge in [0.2, 0.25) is 11.8 Å². The fourth-order valence-electron chi connectivity index (χ4n) is 2.56. The highest BCUT2D eigenvalue weighted by Crippen LogP contribution is 2.12. The van der Waals surface area contributed by atoms with Crippen molar-refractivity contribution < 1.29 is 14.3 Å². The Balaban J connectivity index is 2.15. The second-order valence-electron chi connectivity index (χ2n) is 6.56. The number of benzene rings is 1. The molecule has 1 fully saturated rings. The number of hydrogen-bond acceptors (Lipinski definition) is 6. The number of rotatable bonds is 10. The van der Waals surface area contributed by atoms with E-state index in [0.29, 0.717) is 29.4 Å². The van der Waals surface area contributed by atoms with Crippen molar-refractivity contribution in [2.45, 2.75) is 19.4 Å². The predicted molar refractivity (Wildman–Crippen MR) is 116 cm³/mol.